The number of alkyl carbamates (subject to hydrolysis) is 1. The Kier molecular flexibility index (Phi) is 7.66. The lowest BCUT2D eigenvalue weighted by Crippen LogP contribution is -2.32. The second kappa shape index (κ2) is 10.4. The van der Waals surface area contributed by atoms with Crippen LogP contribution in [0.4, 0.5) is 4.79 Å². The van der Waals surface area contributed by atoms with Gasteiger partial charge in [0.15, 0.2) is 0 Å². The fourth-order valence-electron chi connectivity index (χ4n) is 3.09. The van der Waals surface area contributed by atoms with Crippen LogP contribution in [-0.4, -0.2) is 27.6 Å². The van der Waals surface area contributed by atoms with E-state index in [-0.39, 0.29) is 19.0 Å². The highest BCUT2D eigenvalue weighted by molar-refractivity contribution is 6.30. The molecule has 0 bridgehead atoms. The molecule has 0 saturated carbocycles. The second-order valence-corrected chi connectivity index (χ2v) is 9.05. The Morgan fingerprint density at radius 2 is 1.76 bits per heavy atom. The molecule has 0 aliphatic heterocycles. The lowest BCUT2D eigenvalue weighted by atomic mass is 9.99. The highest BCUT2D eigenvalue weighted by Gasteiger charge is 2.16. The van der Waals surface area contributed by atoms with Crippen LogP contribution < -0.4 is 10.6 Å². The van der Waals surface area contributed by atoms with Crippen LogP contribution >= 0.6 is 11.6 Å². The van der Waals surface area contributed by atoms with Gasteiger partial charge < -0.3 is 15.4 Å². The van der Waals surface area contributed by atoms with Crippen LogP contribution in [0.5, 0.6) is 0 Å². The standard InChI is InChI=1S/C25H27ClN4O3/c1-16-9-18(7-8-27-16)19-10-17(13-30-24(32)33-25(2,3)4)11-20(12-19)23(31)29-15-22-6-5-21(26)14-28-22/h5-12,14H,13,15H2,1-4H3,(H,29,31)(H,30,32). The van der Waals surface area contributed by atoms with Crippen LogP contribution in [0.1, 0.15) is 48.1 Å². The van der Waals surface area contributed by atoms with Gasteiger partial charge in [0.25, 0.3) is 5.91 Å². The van der Waals surface area contributed by atoms with Gasteiger partial charge in [-0.15, -0.1) is 0 Å². The number of benzene rings is 1. The molecular formula is C25H27ClN4O3. The topological polar surface area (TPSA) is 93.2 Å². The van der Waals surface area contributed by atoms with Crippen LogP contribution in [0.25, 0.3) is 11.1 Å². The molecule has 1 aromatic carbocycles. The smallest absolute Gasteiger partial charge is 0.407 e. The molecule has 0 aliphatic carbocycles. The third-order valence-corrected chi connectivity index (χ3v) is 4.76. The average molecular weight is 467 g/mol. The van der Waals surface area contributed by atoms with Crippen molar-refractivity contribution in [3.63, 3.8) is 0 Å². The molecule has 0 fully saturated rings. The maximum absolute atomic E-state index is 12.9. The van der Waals surface area contributed by atoms with E-state index >= 15 is 0 Å². The number of pyridine rings is 2. The van der Waals surface area contributed by atoms with Crippen molar-refractivity contribution in [1.82, 2.24) is 20.6 Å². The number of carbonyl (C=O) groups is 2. The third kappa shape index (κ3) is 7.57. The third-order valence-electron chi connectivity index (χ3n) is 4.54. The normalized spacial score (nSPS) is 11.1. The molecule has 2 N–H and O–H groups in total. The van der Waals surface area contributed by atoms with Crippen molar-refractivity contribution in [3.8, 4) is 11.1 Å². The average Bonchev–Trinajstić information content (AvgIpc) is 2.76. The van der Waals surface area contributed by atoms with Crippen molar-refractivity contribution in [2.24, 2.45) is 0 Å². The summed E-state index contributed by atoms with van der Waals surface area (Å²) in [6, 6.07) is 12.8. The molecule has 3 aromatic rings. The van der Waals surface area contributed by atoms with Gasteiger partial charge in [-0.25, -0.2) is 4.79 Å². The minimum Gasteiger partial charge on any atom is -0.444 e. The molecule has 0 radical (unpaired) electrons. The molecule has 0 unspecified atom stereocenters. The van der Waals surface area contributed by atoms with E-state index in [1.54, 1.807) is 45.2 Å². The van der Waals surface area contributed by atoms with Gasteiger partial charge in [-0.3, -0.25) is 14.8 Å². The maximum atomic E-state index is 12.9. The lowest BCUT2D eigenvalue weighted by molar-refractivity contribution is 0.0523. The van der Waals surface area contributed by atoms with E-state index in [0.29, 0.717) is 16.3 Å². The number of ether oxygens (including phenoxy) is 1. The van der Waals surface area contributed by atoms with Crippen LogP contribution in [0.15, 0.2) is 54.9 Å². The largest absolute Gasteiger partial charge is 0.444 e. The molecular weight excluding hydrogens is 440 g/mol. The van der Waals surface area contributed by atoms with Crippen LogP contribution in [0.2, 0.25) is 5.02 Å². The predicted octanol–water partition coefficient (Wildman–Crippen LogP) is 5.06. The predicted molar refractivity (Wildman–Crippen MR) is 128 cm³/mol. The summed E-state index contributed by atoms with van der Waals surface area (Å²) in [7, 11) is 0. The molecule has 0 spiro atoms. The number of aryl methyl sites for hydroxylation is 1. The monoisotopic (exact) mass is 466 g/mol. The molecule has 3 rings (SSSR count). The van der Waals surface area contributed by atoms with Crippen molar-refractivity contribution in [2.75, 3.05) is 0 Å². The summed E-state index contributed by atoms with van der Waals surface area (Å²) in [5, 5.41) is 6.16. The minimum atomic E-state index is -0.596. The fourth-order valence-corrected chi connectivity index (χ4v) is 3.20. The van der Waals surface area contributed by atoms with Crippen molar-refractivity contribution in [1.29, 1.82) is 0 Å². The van der Waals surface area contributed by atoms with E-state index in [0.717, 1.165) is 22.4 Å². The van der Waals surface area contributed by atoms with E-state index < -0.39 is 11.7 Å². The molecule has 33 heavy (non-hydrogen) atoms. The number of aromatic nitrogens is 2. The zero-order valence-corrected chi connectivity index (χ0v) is 19.9. The Morgan fingerprint density at radius 1 is 0.970 bits per heavy atom. The molecule has 172 valence electrons. The summed E-state index contributed by atoms with van der Waals surface area (Å²) < 4.78 is 5.31. The number of carbonyl (C=O) groups excluding carboxylic acids is 2. The Balaban J connectivity index is 1.82. The highest BCUT2D eigenvalue weighted by Crippen LogP contribution is 2.23. The summed E-state index contributed by atoms with van der Waals surface area (Å²) in [6.45, 7) is 7.79. The first-order valence-electron chi connectivity index (χ1n) is 10.5. The Bertz CT molecular complexity index is 1140. The van der Waals surface area contributed by atoms with E-state index in [4.69, 9.17) is 16.3 Å². The van der Waals surface area contributed by atoms with Gasteiger partial charge >= 0.3 is 6.09 Å². The molecule has 0 atom stereocenters. The molecule has 7 nitrogen and oxygen atoms in total. The first kappa shape index (κ1) is 24.2. The summed E-state index contributed by atoms with van der Waals surface area (Å²) in [5.41, 5.74) is 3.97. The summed E-state index contributed by atoms with van der Waals surface area (Å²) in [5.74, 6) is -0.252. The van der Waals surface area contributed by atoms with Crippen molar-refractivity contribution in [2.45, 2.75) is 46.4 Å². The maximum Gasteiger partial charge on any atom is 0.407 e. The Labute approximate surface area is 198 Å². The molecule has 2 heterocycles. The van der Waals surface area contributed by atoms with E-state index in [1.165, 1.54) is 6.20 Å². The zero-order valence-electron chi connectivity index (χ0n) is 19.1. The van der Waals surface area contributed by atoms with E-state index in [1.807, 2.05) is 31.2 Å². The van der Waals surface area contributed by atoms with Crippen LogP contribution in [-0.2, 0) is 17.8 Å². The zero-order chi connectivity index (χ0) is 24.0. The Hall–Kier alpha value is -3.45. The van der Waals surface area contributed by atoms with Crippen LogP contribution in [0.3, 0.4) is 0 Å². The quantitative estimate of drug-likeness (QED) is 0.529. The van der Waals surface area contributed by atoms with Crippen molar-refractivity contribution < 1.29 is 14.3 Å². The molecule has 0 saturated heterocycles. The van der Waals surface area contributed by atoms with Crippen LogP contribution in [0, 0.1) is 6.92 Å². The van der Waals surface area contributed by atoms with Gasteiger partial charge in [0.2, 0.25) is 0 Å². The molecule has 2 aromatic heterocycles. The first-order valence-corrected chi connectivity index (χ1v) is 10.9. The number of amides is 2. The summed E-state index contributed by atoms with van der Waals surface area (Å²) in [4.78, 5) is 33.5. The van der Waals surface area contributed by atoms with E-state index in [2.05, 4.69) is 20.6 Å². The second-order valence-electron chi connectivity index (χ2n) is 8.61. The Morgan fingerprint density at radius 3 is 2.42 bits per heavy atom. The van der Waals surface area contributed by atoms with Crippen molar-refractivity contribution in [3.05, 3.63) is 82.4 Å². The SMILES string of the molecule is Cc1cc(-c2cc(CNC(=O)OC(C)(C)C)cc(C(=O)NCc3ccc(Cl)cn3)c2)ccn1. The number of halogens is 1. The molecule has 2 amide bonds. The number of nitrogens with one attached hydrogen (secondary N) is 2. The number of hydrogen-bond acceptors (Lipinski definition) is 5. The molecule has 0 aliphatic rings. The first-order chi connectivity index (χ1) is 15.6. The lowest BCUT2D eigenvalue weighted by Gasteiger charge is -2.20. The van der Waals surface area contributed by atoms with Gasteiger partial charge in [-0.05, 0) is 86.8 Å². The highest BCUT2D eigenvalue weighted by atomic mass is 35.5. The van der Waals surface area contributed by atoms with Crippen molar-refractivity contribution >= 4 is 23.6 Å². The van der Waals surface area contributed by atoms with Gasteiger partial charge in [0.05, 0.1) is 17.3 Å². The molecule has 8 heteroatoms. The van der Waals surface area contributed by atoms with E-state index in [9.17, 15) is 9.59 Å². The van der Waals surface area contributed by atoms with Gasteiger partial charge in [0, 0.05) is 30.2 Å². The summed E-state index contributed by atoms with van der Waals surface area (Å²) in [6.07, 6.45) is 2.74. The minimum absolute atomic E-state index is 0.214. The van der Waals surface area contributed by atoms with Gasteiger partial charge in [-0.1, -0.05) is 11.6 Å². The van der Waals surface area contributed by atoms with Gasteiger partial charge in [-0.2, -0.15) is 0 Å². The van der Waals surface area contributed by atoms with Gasteiger partial charge in [0.1, 0.15) is 5.60 Å². The number of nitrogens with zero attached hydrogens (tertiary/aromatic N) is 2. The number of hydrogen-bond donors (Lipinski definition) is 2. The summed E-state index contributed by atoms with van der Waals surface area (Å²) >= 11 is 5.87. The number of rotatable bonds is 6. The fraction of sp³-hybridized carbons (Fsp3) is 0.280.